The lowest BCUT2D eigenvalue weighted by Gasteiger charge is -1.96. The van der Waals surface area contributed by atoms with Gasteiger partial charge in [0.15, 0.2) is 6.29 Å². The van der Waals surface area contributed by atoms with Gasteiger partial charge in [-0.15, -0.1) is 0 Å². The standard InChI is InChI=1S/C4H7NO3/c6-5-3-4-7-1-2-8-4/h3-4,6H,1-2H2. The van der Waals surface area contributed by atoms with E-state index in [1.54, 1.807) is 0 Å². The summed E-state index contributed by atoms with van der Waals surface area (Å²) < 4.78 is 9.72. The van der Waals surface area contributed by atoms with Gasteiger partial charge in [0.2, 0.25) is 0 Å². The zero-order chi connectivity index (χ0) is 5.82. The molecule has 0 aliphatic carbocycles. The molecule has 1 saturated heterocycles. The lowest BCUT2D eigenvalue weighted by molar-refractivity contribution is 0.0169. The molecular formula is C4H7NO3. The second-order valence-electron chi connectivity index (χ2n) is 1.37. The van der Waals surface area contributed by atoms with E-state index in [4.69, 9.17) is 14.7 Å². The van der Waals surface area contributed by atoms with E-state index in [-0.39, 0.29) is 0 Å². The molecule has 0 aromatic carbocycles. The van der Waals surface area contributed by atoms with Crippen molar-refractivity contribution >= 4 is 6.21 Å². The van der Waals surface area contributed by atoms with Crippen molar-refractivity contribution in [2.75, 3.05) is 13.2 Å². The highest BCUT2D eigenvalue weighted by atomic mass is 16.7. The fourth-order valence-electron chi connectivity index (χ4n) is 0.517. The summed E-state index contributed by atoms with van der Waals surface area (Å²) in [4.78, 5) is 0. The van der Waals surface area contributed by atoms with Gasteiger partial charge >= 0.3 is 0 Å². The van der Waals surface area contributed by atoms with Crippen LogP contribution in [-0.4, -0.2) is 30.9 Å². The van der Waals surface area contributed by atoms with Crippen LogP contribution >= 0.6 is 0 Å². The van der Waals surface area contributed by atoms with Crippen molar-refractivity contribution in [1.82, 2.24) is 0 Å². The van der Waals surface area contributed by atoms with Gasteiger partial charge in [-0.05, 0) is 0 Å². The molecule has 4 heteroatoms. The van der Waals surface area contributed by atoms with Crippen LogP contribution in [0.1, 0.15) is 0 Å². The maximum atomic E-state index is 7.94. The Labute approximate surface area is 46.7 Å². The largest absolute Gasteiger partial charge is 0.411 e. The van der Waals surface area contributed by atoms with Crippen molar-refractivity contribution in [3.8, 4) is 0 Å². The van der Waals surface area contributed by atoms with Gasteiger partial charge in [-0.2, -0.15) is 0 Å². The van der Waals surface area contributed by atoms with Crippen molar-refractivity contribution in [1.29, 1.82) is 0 Å². The van der Waals surface area contributed by atoms with E-state index in [0.717, 1.165) is 0 Å². The number of rotatable bonds is 1. The van der Waals surface area contributed by atoms with Crippen molar-refractivity contribution < 1.29 is 14.7 Å². The molecule has 0 radical (unpaired) electrons. The number of hydrogen-bond acceptors (Lipinski definition) is 4. The first-order valence-electron chi connectivity index (χ1n) is 2.34. The third kappa shape index (κ3) is 1.18. The van der Waals surface area contributed by atoms with Gasteiger partial charge in [-0.1, -0.05) is 5.16 Å². The third-order valence-electron chi connectivity index (χ3n) is 0.836. The number of hydrogen-bond donors (Lipinski definition) is 1. The van der Waals surface area contributed by atoms with Crippen LogP contribution in [0.3, 0.4) is 0 Å². The number of nitrogens with zero attached hydrogens (tertiary/aromatic N) is 1. The van der Waals surface area contributed by atoms with Crippen LogP contribution in [0.4, 0.5) is 0 Å². The minimum Gasteiger partial charge on any atom is -0.411 e. The Morgan fingerprint density at radius 3 is 2.62 bits per heavy atom. The van der Waals surface area contributed by atoms with Gasteiger partial charge in [0, 0.05) is 0 Å². The van der Waals surface area contributed by atoms with E-state index in [1.807, 2.05) is 0 Å². The normalized spacial score (nSPS) is 23.0. The van der Waals surface area contributed by atoms with Crippen LogP contribution in [-0.2, 0) is 9.47 Å². The Balaban J connectivity index is 2.24. The van der Waals surface area contributed by atoms with Crippen molar-refractivity contribution in [3.05, 3.63) is 0 Å². The highest BCUT2D eigenvalue weighted by Crippen LogP contribution is 1.99. The first-order chi connectivity index (χ1) is 3.93. The van der Waals surface area contributed by atoms with Crippen LogP contribution < -0.4 is 0 Å². The van der Waals surface area contributed by atoms with Crippen molar-refractivity contribution in [3.63, 3.8) is 0 Å². The van der Waals surface area contributed by atoms with E-state index >= 15 is 0 Å². The highest BCUT2D eigenvalue weighted by molar-refractivity contribution is 5.60. The van der Waals surface area contributed by atoms with Crippen LogP contribution in [0.15, 0.2) is 5.16 Å². The van der Waals surface area contributed by atoms with E-state index in [9.17, 15) is 0 Å². The average Bonchev–Trinajstić information content (AvgIpc) is 2.19. The van der Waals surface area contributed by atoms with Crippen molar-refractivity contribution in [2.24, 2.45) is 5.16 Å². The fourth-order valence-corrected chi connectivity index (χ4v) is 0.517. The molecule has 46 valence electrons. The third-order valence-corrected chi connectivity index (χ3v) is 0.836. The van der Waals surface area contributed by atoms with E-state index in [2.05, 4.69) is 5.16 Å². The summed E-state index contributed by atoms with van der Waals surface area (Å²) in [7, 11) is 0. The predicted octanol–water partition coefficient (Wildman–Crippen LogP) is -0.181. The topological polar surface area (TPSA) is 51.1 Å². The highest BCUT2D eigenvalue weighted by Gasteiger charge is 2.12. The fraction of sp³-hybridized carbons (Fsp3) is 0.750. The van der Waals surface area contributed by atoms with Crippen LogP contribution in [0, 0.1) is 0 Å². The molecular weight excluding hydrogens is 110 g/mol. The molecule has 0 spiro atoms. The molecule has 1 aliphatic heterocycles. The molecule has 1 heterocycles. The maximum Gasteiger partial charge on any atom is 0.197 e. The van der Waals surface area contributed by atoms with Gasteiger partial charge in [0.25, 0.3) is 0 Å². The Morgan fingerprint density at radius 1 is 1.50 bits per heavy atom. The minimum absolute atomic E-state index is 0.431. The van der Waals surface area contributed by atoms with Gasteiger partial charge < -0.3 is 14.7 Å². The quantitative estimate of drug-likeness (QED) is 0.294. The van der Waals surface area contributed by atoms with Crippen LogP contribution in [0.2, 0.25) is 0 Å². The van der Waals surface area contributed by atoms with E-state index < -0.39 is 6.29 Å². The lowest BCUT2D eigenvalue weighted by Crippen LogP contribution is -2.07. The summed E-state index contributed by atoms with van der Waals surface area (Å²) in [6, 6.07) is 0. The average molecular weight is 117 g/mol. The first-order valence-corrected chi connectivity index (χ1v) is 2.34. The molecule has 1 aliphatic rings. The molecule has 0 unspecified atom stereocenters. The van der Waals surface area contributed by atoms with E-state index in [0.29, 0.717) is 13.2 Å². The summed E-state index contributed by atoms with van der Waals surface area (Å²) in [6.07, 6.45) is 0.771. The summed E-state index contributed by atoms with van der Waals surface area (Å²) in [6.45, 7) is 1.16. The Morgan fingerprint density at radius 2 is 2.12 bits per heavy atom. The SMILES string of the molecule is ON=CC1OCCO1. The summed E-state index contributed by atoms with van der Waals surface area (Å²) in [5.41, 5.74) is 0. The molecule has 4 nitrogen and oxygen atoms in total. The van der Waals surface area contributed by atoms with Gasteiger partial charge in [0.05, 0.1) is 19.4 Å². The smallest absolute Gasteiger partial charge is 0.197 e. The monoisotopic (exact) mass is 117 g/mol. The molecule has 0 aromatic heterocycles. The maximum absolute atomic E-state index is 7.94. The van der Waals surface area contributed by atoms with Crippen LogP contribution in [0.5, 0.6) is 0 Å². The summed E-state index contributed by atoms with van der Waals surface area (Å²) in [5, 5.41) is 10.7. The number of ether oxygens (including phenoxy) is 2. The zero-order valence-electron chi connectivity index (χ0n) is 4.28. The minimum atomic E-state index is -0.431. The Hall–Kier alpha value is -0.610. The van der Waals surface area contributed by atoms with Gasteiger partial charge in [0.1, 0.15) is 0 Å². The number of oxime groups is 1. The van der Waals surface area contributed by atoms with Gasteiger partial charge in [-0.3, -0.25) is 0 Å². The van der Waals surface area contributed by atoms with E-state index in [1.165, 1.54) is 6.21 Å². The Bertz CT molecular complexity index is 87.3. The molecule has 0 aromatic rings. The molecule has 1 N–H and O–H groups in total. The lowest BCUT2D eigenvalue weighted by atomic mass is 10.7. The molecule has 0 amide bonds. The second kappa shape index (κ2) is 2.64. The van der Waals surface area contributed by atoms with Crippen LogP contribution in [0.25, 0.3) is 0 Å². The summed E-state index contributed by atoms with van der Waals surface area (Å²) >= 11 is 0. The first kappa shape index (κ1) is 5.53. The molecule has 0 saturated carbocycles. The molecule has 0 atom stereocenters. The molecule has 1 fully saturated rings. The Kier molecular flexibility index (Phi) is 1.82. The molecule has 8 heavy (non-hydrogen) atoms. The zero-order valence-corrected chi connectivity index (χ0v) is 4.28. The molecule has 1 rings (SSSR count). The summed E-state index contributed by atoms with van der Waals surface area (Å²) in [5.74, 6) is 0. The van der Waals surface area contributed by atoms with Gasteiger partial charge in [-0.25, -0.2) is 0 Å². The second-order valence-corrected chi connectivity index (χ2v) is 1.37. The van der Waals surface area contributed by atoms with Crippen molar-refractivity contribution in [2.45, 2.75) is 6.29 Å². The predicted molar refractivity (Wildman–Crippen MR) is 26.0 cm³/mol. The molecule has 0 bridgehead atoms.